The van der Waals surface area contributed by atoms with E-state index in [9.17, 15) is 5.11 Å². The molecule has 0 aliphatic heterocycles. The molecule has 1 unspecified atom stereocenters. The lowest BCUT2D eigenvalue weighted by atomic mass is 10.3. The standard InChI is InChI=1S/C12H20ClN3O3/c1-4-19-8-11-14-10(13)5-12(15-11)16(2)6-9(17)7-18-3/h5,9,17H,4,6-8H2,1-3H3. The van der Waals surface area contributed by atoms with E-state index in [2.05, 4.69) is 9.97 Å². The van der Waals surface area contributed by atoms with Crippen molar-refractivity contribution in [3.05, 3.63) is 17.0 Å². The van der Waals surface area contributed by atoms with Crippen molar-refractivity contribution in [2.75, 3.05) is 38.8 Å². The SMILES string of the molecule is CCOCc1nc(Cl)cc(N(C)CC(O)COC)n1. The van der Waals surface area contributed by atoms with Gasteiger partial charge in [-0.2, -0.15) is 0 Å². The van der Waals surface area contributed by atoms with Crippen LogP contribution in [0.25, 0.3) is 0 Å². The average molecular weight is 290 g/mol. The lowest BCUT2D eigenvalue weighted by Gasteiger charge is -2.21. The van der Waals surface area contributed by atoms with E-state index in [1.165, 1.54) is 0 Å². The van der Waals surface area contributed by atoms with E-state index in [-0.39, 0.29) is 6.61 Å². The Morgan fingerprint density at radius 1 is 1.47 bits per heavy atom. The van der Waals surface area contributed by atoms with Crippen molar-refractivity contribution in [3.63, 3.8) is 0 Å². The molecule has 0 aliphatic rings. The van der Waals surface area contributed by atoms with Crippen molar-refractivity contribution >= 4 is 17.4 Å². The number of aromatic nitrogens is 2. The van der Waals surface area contributed by atoms with E-state index in [0.717, 1.165) is 0 Å². The van der Waals surface area contributed by atoms with Gasteiger partial charge in [0.15, 0.2) is 5.82 Å². The first-order valence-electron chi connectivity index (χ1n) is 6.06. The second kappa shape index (κ2) is 8.27. The van der Waals surface area contributed by atoms with E-state index in [1.807, 2.05) is 14.0 Å². The summed E-state index contributed by atoms with van der Waals surface area (Å²) in [5, 5.41) is 10.0. The highest BCUT2D eigenvalue weighted by Crippen LogP contribution is 2.15. The number of methoxy groups -OCH3 is 1. The van der Waals surface area contributed by atoms with Crippen molar-refractivity contribution in [2.45, 2.75) is 19.6 Å². The average Bonchev–Trinajstić information content (AvgIpc) is 2.36. The molecule has 0 aliphatic carbocycles. The van der Waals surface area contributed by atoms with E-state index in [1.54, 1.807) is 18.1 Å². The van der Waals surface area contributed by atoms with Crippen molar-refractivity contribution in [1.82, 2.24) is 9.97 Å². The van der Waals surface area contributed by atoms with Crippen LogP contribution >= 0.6 is 11.6 Å². The van der Waals surface area contributed by atoms with Crippen LogP contribution in [-0.4, -0.2) is 55.1 Å². The third-order valence-corrected chi connectivity index (χ3v) is 2.59. The molecule has 19 heavy (non-hydrogen) atoms. The Morgan fingerprint density at radius 3 is 2.84 bits per heavy atom. The van der Waals surface area contributed by atoms with Gasteiger partial charge < -0.3 is 19.5 Å². The molecule has 0 saturated carbocycles. The molecule has 0 saturated heterocycles. The van der Waals surface area contributed by atoms with Gasteiger partial charge in [-0.3, -0.25) is 0 Å². The first kappa shape index (κ1) is 16.1. The summed E-state index contributed by atoms with van der Waals surface area (Å²) in [7, 11) is 3.37. The molecule has 1 heterocycles. The number of hydrogen-bond acceptors (Lipinski definition) is 6. The predicted octanol–water partition coefficient (Wildman–Crippen LogP) is 1.11. The van der Waals surface area contributed by atoms with Crippen molar-refractivity contribution < 1.29 is 14.6 Å². The maximum atomic E-state index is 9.69. The second-order valence-electron chi connectivity index (χ2n) is 4.09. The van der Waals surface area contributed by atoms with Crippen LogP contribution in [0.4, 0.5) is 5.82 Å². The van der Waals surface area contributed by atoms with Gasteiger partial charge in [0.2, 0.25) is 0 Å². The van der Waals surface area contributed by atoms with Crippen LogP contribution in [-0.2, 0) is 16.1 Å². The zero-order chi connectivity index (χ0) is 14.3. The maximum absolute atomic E-state index is 9.69. The maximum Gasteiger partial charge on any atom is 0.158 e. The molecule has 0 radical (unpaired) electrons. The molecule has 0 fully saturated rings. The fraction of sp³-hybridized carbons (Fsp3) is 0.667. The summed E-state index contributed by atoms with van der Waals surface area (Å²) in [5.74, 6) is 1.17. The number of aliphatic hydroxyl groups excluding tert-OH is 1. The Labute approximate surface area is 118 Å². The first-order chi connectivity index (χ1) is 9.06. The van der Waals surface area contributed by atoms with Crippen LogP contribution in [0.2, 0.25) is 5.15 Å². The van der Waals surface area contributed by atoms with Crippen LogP contribution in [0.1, 0.15) is 12.7 Å². The molecule has 0 bridgehead atoms. The van der Waals surface area contributed by atoms with Crippen molar-refractivity contribution in [2.24, 2.45) is 0 Å². The van der Waals surface area contributed by atoms with Gasteiger partial charge in [-0.1, -0.05) is 11.6 Å². The molecule has 1 atom stereocenters. The predicted molar refractivity (Wildman–Crippen MR) is 73.5 cm³/mol. The smallest absolute Gasteiger partial charge is 0.158 e. The normalized spacial score (nSPS) is 12.5. The number of rotatable bonds is 8. The molecule has 1 rings (SSSR count). The molecule has 7 heteroatoms. The fourth-order valence-electron chi connectivity index (χ4n) is 1.56. The van der Waals surface area contributed by atoms with Crippen molar-refractivity contribution in [1.29, 1.82) is 0 Å². The molecular formula is C12H20ClN3O3. The summed E-state index contributed by atoms with van der Waals surface area (Å²) >= 11 is 5.95. The monoisotopic (exact) mass is 289 g/mol. The number of likely N-dealkylation sites (N-methyl/N-ethyl adjacent to an activating group) is 1. The van der Waals surface area contributed by atoms with Gasteiger partial charge in [-0.05, 0) is 6.92 Å². The minimum Gasteiger partial charge on any atom is -0.389 e. The zero-order valence-corrected chi connectivity index (χ0v) is 12.2. The largest absolute Gasteiger partial charge is 0.389 e. The first-order valence-corrected chi connectivity index (χ1v) is 6.44. The number of ether oxygens (including phenoxy) is 2. The Bertz CT molecular complexity index is 392. The molecular weight excluding hydrogens is 270 g/mol. The Kier molecular flexibility index (Phi) is 7.01. The van der Waals surface area contributed by atoms with Crippen LogP contribution < -0.4 is 4.90 Å². The second-order valence-corrected chi connectivity index (χ2v) is 4.48. The molecule has 1 aromatic rings. The summed E-state index contributed by atoms with van der Waals surface area (Å²) in [6.07, 6.45) is -0.584. The lowest BCUT2D eigenvalue weighted by molar-refractivity contribution is 0.0694. The number of nitrogens with zero attached hydrogens (tertiary/aromatic N) is 3. The van der Waals surface area contributed by atoms with E-state index in [0.29, 0.717) is 36.6 Å². The molecule has 0 spiro atoms. The molecule has 1 aromatic heterocycles. The van der Waals surface area contributed by atoms with Crippen LogP contribution in [0.3, 0.4) is 0 Å². The molecule has 0 amide bonds. The van der Waals surface area contributed by atoms with Crippen LogP contribution in [0.15, 0.2) is 6.07 Å². The molecule has 6 nitrogen and oxygen atoms in total. The molecule has 1 N–H and O–H groups in total. The minimum atomic E-state index is -0.584. The van der Waals surface area contributed by atoms with Gasteiger partial charge >= 0.3 is 0 Å². The summed E-state index contributed by atoms with van der Waals surface area (Å²) in [6, 6.07) is 1.65. The van der Waals surface area contributed by atoms with Gasteiger partial charge in [-0.15, -0.1) is 0 Å². The Balaban J connectivity index is 2.72. The van der Waals surface area contributed by atoms with Gasteiger partial charge in [0, 0.05) is 33.4 Å². The molecule has 0 aromatic carbocycles. The minimum absolute atomic E-state index is 0.273. The number of anilines is 1. The third kappa shape index (κ3) is 5.69. The van der Waals surface area contributed by atoms with E-state index in [4.69, 9.17) is 21.1 Å². The summed E-state index contributed by atoms with van der Waals surface area (Å²) in [5.41, 5.74) is 0. The van der Waals surface area contributed by atoms with E-state index >= 15 is 0 Å². The highest BCUT2D eigenvalue weighted by molar-refractivity contribution is 6.29. The van der Waals surface area contributed by atoms with Gasteiger partial charge in [0.25, 0.3) is 0 Å². The summed E-state index contributed by atoms with van der Waals surface area (Å²) in [4.78, 5) is 10.2. The van der Waals surface area contributed by atoms with Gasteiger partial charge in [0.1, 0.15) is 17.6 Å². The van der Waals surface area contributed by atoms with Crippen LogP contribution in [0.5, 0.6) is 0 Å². The van der Waals surface area contributed by atoms with Gasteiger partial charge in [0.05, 0.1) is 12.7 Å². The highest BCUT2D eigenvalue weighted by atomic mass is 35.5. The topological polar surface area (TPSA) is 67.7 Å². The summed E-state index contributed by atoms with van der Waals surface area (Å²) < 4.78 is 10.1. The third-order valence-electron chi connectivity index (χ3n) is 2.40. The van der Waals surface area contributed by atoms with Crippen LogP contribution in [0, 0.1) is 0 Å². The number of halogens is 1. The Hall–Kier alpha value is -0.950. The molecule has 108 valence electrons. The quantitative estimate of drug-likeness (QED) is 0.723. The fourth-order valence-corrected chi connectivity index (χ4v) is 1.75. The van der Waals surface area contributed by atoms with Gasteiger partial charge in [-0.25, -0.2) is 9.97 Å². The Morgan fingerprint density at radius 2 is 2.21 bits per heavy atom. The summed E-state index contributed by atoms with van der Waals surface area (Å²) in [6.45, 7) is 3.48. The lowest BCUT2D eigenvalue weighted by Crippen LogP contribution is -2.32. The van der Waals surface area contributed by atoms with E-state index < -0.39 is 6.10 Å². The zero-order valence-electron chi connectivity index (χ0n) is 11.5. The van der Waals surface area contributed by atoms with Crippen molar-refractivity contribution in [3.8, 4) is 0 Å². The number of hydrogen-bond donors (Lipinski definition) is 1. The highest BCUT2D eigenvalue weighted by Gasteiger charge is 2.12. The number of aliphatic hydroxyl groups is 1.